The first-order valence-electron chi connectivity index (χ1n) is 6.87. The van der Waals surface area contributed by atoms with Crippen LogP contribution in [0.4, 0.5) is 0 Å². The summed E-state index contributed by atoms with van der Waals surface area (Å²) in [6, 6.07) is 0.647. The Bertz CT molecular complexity index is 167. The van der Waals surface area contributed by atoms with Gasteiger partial charge in [-0.05, 0) is 52.9 Å². The number of likely N-dealkylation sites (tertiary alicyclic amines) is 1. The van der Waals surface area contributed by atoms with Crippen LogP contribution >= 0.6 is 0 Å². The molecule has 0 aliphatic carbocycles. The van der Waals surface area contributed by atoms with E-state index in [1.807, 2.05) is 0 Å². The molecule has 1 rings (SSSR count). The summed E-state index contributed by atoms with van der Waals surface area (Å²) in [5.41, 5.74) is 0. The normalized spacial score (nSPS) is 19.5. The van der Waals surface area contributed by atoms with Crippen molar-refractivity contribution in [2.24, 2.45) is 0 Å². The zero-order valence-corrected chi connectivity index (χ0v) is 11.3. The Balaban J connectivity index is 2.05. The van der Waals surface area contributed by atoms with Crippen molar-refractivity contribution in [2.45, 2.75) is 39.2 Å². The molecule has 1 fully saturated rings. The fourth-order valence-electron chi connectivity index (χ4n) is 2.17. The van der Waals surface area contributed by atoms with Crippen LogP contribution in [0.1, 0.15) is 33.1 Å². The molecule has 1 atom stereocenters. The Morgan fingerprint density at radius 2 is 2.00 bits per heavy atom. The highest BCUT2D eigenvalue weighted by Gasteiger charge is 2.13. The zero-order valence-electron chi connectivity index (χ0n) is 11.3. The molecule has 1 aliphatic rings. The summed E-state index contributed by atoms with van der Waals surface area (Å²) in [7, 11) is 2.24. The second kappa shape index (κ2) is 8.04. The van der Waals surface area contributed by atoms with Gasteiger partial charge >= 0.3 is 0 Å². The van der Waals surface area contributed by atoms with Gasteiger partial charge < -0.3 is 15.1 Å². The van der Waals surface area contributed by atoms with Gasteiger partial charge in [0.1, 0.15) is 0 Å². The molecule has 0 radical (unpaired) electrons. The highest BCUT2D eigenvalue weighted by atomic mass is 15.2. The fraction of sp³-hybridized carbons (Fsp3) is 1.00. The molecule has 0 spiro atoms. The molecule has 0 aromatic heterocycles. The van der Waals surface area contributed by atoms with E-state index in [4.69, 9.17) is 0 Å². The summed E-state index contributed by atoms with van der Waals surface area (Å²) in [6.07, 6.45) is 4.03. The van der Waals surface area contributed by atoms with Crippen molar-refractivity contribution in [3.05, 3.63) is 0 Å². The summed E-state index contributed by atoms with van der Waals surface area (Å²) in [5.74, 6) is 0. The molecule has 1 unspecified atom stereocenters. The van der Waals surface area contributed by atoms with E-state index in [1.54, 1.807) is 0 Å². The van der Waals surface area contributed by atoms with E-state index >= 15 is 0 Å². The second-order valence-electron chi connectivity index (χ2n) is 5.08. The van der Waals surface area contributed by atoms with Crippen LogP contribution in [0.15, 0.2) is 0 Å². The van der Waals surface area contributed by atoms with Crippen LogP contribution in [-0.2, 0) is 0 Å². The molecule has 1 saturated heterocycles. The lowest BCUT2D eigenvalue weighted by atomic mass is 10.3. The van der Waals surface area contributed by atoms with Crippen molar-refractivity contribution in [1.82, 2.24) is 15.1 Å². The Kier molecular flexibility index (Phi) is 7.01. The molecule has 0 amide bonds. The van der Waals surface area contributed by atoms with Crippen LogP contribution in [0.2, 0.25) is 0 Å². The standard InChI is InChI=1S/C13H29N3/c1-4-7-14-12-13(2)15(3)10-11-16-8-5-6-9-16/h13-14H,4-12H2,1-3H3. The van der Waals surface area contributed by atoms with Gasteiger partial charge in [0.15, 0.2) is 0 Å². The molecule has 0 aromatic rings. The lowest BCUT2D eigenvalue weighted by Crippen LogP contribution is -2.41. The average molecular weight is 227 g/mol. The molecule has 16 heavy (non-hydrogen) atoms. The van der Waals surface area contributed by atoms with Crippen LogP contribution in [-0.4, -0.2) is 62.2 Å². The van der Waals surface area contributed by atoms with Gasteiger partial charge in [0, 0.05) is 25.7 Å². The van der Waals surface area contributed by atoms with Gasteiger partial charge in [0.2, 0.25) is 0 Å². The van der Waals surface area contributed by atoms with Crippen LogP contribution in [0.3, 0.4) is 0 Å². The Labute approximate surface area is 101 Å². The highest BCUT2D eigenvalue weighted by molar-refractivity contribution is 4.71. The molecular formula is C13H29N3. The molecular weight excluding hydrogens is 198 g/mol. The number of rotatable bonds is 8. The van der Waals surface area contributed by atoms with E-state index in [1.165, 1.54) is 45.4 Å². The topological polar surface area (TPSA) is 18.5 Å². The average Bonchev–Trinajstić information content (AvgIpc) is 2.79. The predicted octanol–water partition coefficient (Wildman–Crippen LogP) is 1.40. The van der Waals surface area contributed by atoms with Crippen LogP contribution < -0.4 is 5.32 Å². The monoisotopic (exact) mass is 227 g/mol. The largest absolute Gasteiger partial charge is 0.315 e. The number of hydrogen-bond donors (Lipinski definition) is 1. The summed E-state index contributed by atoms with van der Waals surface area (Å²) >= 11 is 0. The first kappa shape index (κ1) is 13.9. The quantitative estimate of drug-likeness (QED) is 0.632. The third-order valence-corrected chi connectivity index (χ3v) is 3.59. The van der Waals surface area contributed by atoms with Gasteiger partial charge in [0.05, 0.1) is 0 Å². The van der Waals surface area contributed by atoms with Crippen molar-refractivity contribution in [3.8, 4) is 0 Å². The summed E-state index contributed by atoms with van der Waals surface area (Å²) in [4.78, 5) is 5.06. The Morgan fingerprint density at radius 3 is 2.62 bits per heavy atom. The zero-order chi connectivity index (χ0) is 11.8. The van der Waals surface area contributed by atoms with Crippen molar-refractivity contribution in [1.29, 1.82) is 0 Å². The van der Waals surface area contributed by atoms with Gasteiger partial charge in [-0.15, -0.1) is 0 Å². The van der Waals surface area contributed by atoms with E-state index in [0.29, 0.717) is 6.04 Å². The van der Waals surface area contributed by atoms with Gasteiger partial charge in [-0.1, -0.05) is 6.92 Å². The van der Waals surface area contributed by atoms with Gasteiger partial charge in [0.25, 0.3) is 0 Å². The lowest BCUT2D eigenvalue weighted by Gasteiger charge is -2.27. The van der Waals surface area contributed by atoms with E-state index in [0.717, 1.165) is 13.1 Å². The second-order valence-corrected chi connectivity index (χ2v) is 5.08. The fourth-order valence-corrected chi connectivity index (χ4v) is 2.17. The molecule has 1 heterocycles. The summed E-state index contributed by atoms with van der Waals surface area (Å²) in [5, 5.41) is 3.49. The van der Waals surface area contributed by atoms with E-state index in [-0.39, 0.29) is 0 Å². The third-order valence-electron chi connectivity index (χ3n) is 3.59. The number of nitrogens with one attached hydrogen (secondary N) is 1. The van der Waals surface area contributed by atoms with Crippen molar-refractivity contribution in [2.75, 3.05) is 46.3 Å². The number of nitrogens with zero attached hydrogens (tertiary/aromatic N) is 2. The lowest BCUT2D eigenvalue weighted by molar-refractivity contribution is 0.211. The first-order valence-corrected chi connectivity index (χ1v) is 6.87. The molecule has 1 aliphatic heterocycles. The highest BCUT2D eigenvalue weighted by Crippen LogP contribution is 2.06. The van der Waals surface area contributed by atoms with Crippen molar-refractivity contribution in [3.63, 3.8) is 0 Å². The van der Waals surface area contributed by atoms with Gasteiger partial charge in [-0.2, -0.15) is 0 Å². The molecule has 3 nitrogen and oxygen atoms in total. The van der Waals surface area contributed by atoms with Gasteiger partial charge in [-0.25, -0.2) is 0 Å². The SMILES string of the molecule is CCCNCC(C)N(C)CCN1CCCC1. The van der Waals surface area contributed by atoms with Crippen LogP contribution in [0.25, 0.3) is 0 Å². The maximum atomic E-state index is 3.49. The van der Waals surface area contributed by atoms with E-state index in [2.05, 4.69) is 36.0 Å². The summed E-state index contributed by atoms with van der Waals surface area (Å²) in [6.45, 7) is 11.9. The minimum atomic E-state index is 0.647. The molecule has 0 bridgehead atoms. The summed E-state index contributed by atoms with van der Waals surface area (Å²) < 4.78 is 0. The molecule has 3 heteroatoms. The number of hydrogen-bond acceptors (Lipinski definition) is 3. The Hall–Kier alpha value is -0.120. The van der Waals surface area contributed by atoms with Crippen LogP contribution in [0.5, 0.6) is 0 Å². The number of likely N-dealkylation sites (N-methyl/N-ethyl adjacent to an activating group) is 1. The minimum absolute atomic E-state index is 0.647. The van der Waals surface area contributed by atoms with E-state index < -0.39 is 0 Å². The van der Waals surface area contributed by atoms with Gasteiger partial charge in [-0.3, -0.25) is 0 Å². The molecule has 1 N–H and O–H groups in total. The molecule has 96 valence electrons. The molecule has 0 aromatic carbocycles. The maximum Gasteiger partial charge on any atom is 0.0189 e. The molecule has 0 saturated carbocycles. The van der Waals surface area contributed by atoms with Crippen LogP contribution in [0, 0.1) is 0 Å². The maximum absolute atomic E-state index is 3.49. The smallest absolute Gasteiger partial charge is 0.0189 e. The predicted molar refractivity (Wildman–Crippen MR) is 70.9 cm³/mol. The third kappa shape index (κ3) is 5.28. The Morgan fingerprint density at radius 1 is 1.31 bits per heavy atom. The van der Waals surface area contributed by atoms with Crippen molar-refractivity contribution < 1.29 is 0 Å². The minimum Gasteiger partial charge on any atom is -0.315 e. The first-order chi connectivity index (χ1) is 7.74. The van der Waals surface area contributed by atoms with E-state index in [9.17, 15) is 0 Å². The van der Waals surface area contributed by atoms with Crippen molar-refractivity contribution >= 4 is 0 Å².